The SMILES string of the molecule is O=C(Nc1c[n+](N2CCOCC2)no1)c1ccccc1. The van der Waals surface area contributed by atoms with Crippen molar-refractivity contribution in [3.05, 3.63) is 42.1 Å². The maximum Gasteiger partial charge on any atom is 0.306 e. The summed E-state index contributed by atoms with van der Waals surface area (Å²) in [6.45, 7) is 2.80. The van der Waals surface area contributed by atoms with Gasteiger partial charge in [0.25, 0.3) is 12.1 Å². The van der Waals surface area contributed by atoms with Gasteiger partial charge in [-0.1, -0.05) is 18.2 Å². The van der Waals surface area contributed by atoms with Crippen molar-refractivity contribution in [3.63, 3.8) is 0 Å². The Balaban J connectivity index is 1.66. The molecule has 0 radical (unpaired) electrons. The van der Waals surface area contributed by atoms with Crippen LogP contribution >= 0.6 is 0 Å². The average molecular weight is 275 g/mol. The van der Waals surface area contributed by atoms with E-state index in [9.17, 15) is 4.79 Å². The fourth-order valence-electron chi connectivity index (χ4n) is 1.96. The lowest BCUT2D eigenvalue weighted by atomic mass is 10.2. The molecule has 2 heterocycles. The zero-order valence-electron chi connectivity index (χ0n) is 10.9. The molecule has 0 unspecified atom stereocenters. The van der Waals surface area contributed by atoms with Gasteiger partial charge in [0.2, 0.25) is 5.27 Å². The zero-order chi connectivity index (χ0) is 13.8. The van der Waals surface area contributed by atoms with Crippen molar-refractivity contribution in [3.8, 4) is 0 Å². The number of aromatic nitrogens is 2. The zero-order valence-corrected chi connectivity index (χ0v) is 10.9. The van der Waals surface area contributed by atoms with Crippen LogP contribution < -0.4 is 15.1 Å². The van der Waals surface area contributed by atoms with Gasteiger partial charge in [-0.2, -0.15) is 0 Å². The first-order valence-corrected chi connectivity index (χ1v) is 6.41. The van der Waals surface area contributed by atoms with E-state index < -0.39 is 0 Å². The van der Waals surface area contributed by atoms with Gasteiger partial charge in [-0.3, -0.25) is 14.6 Å². The lowest BCUT2D eigenvalue weighted by molar-refractivity contribution is -0.759. The van der Waals surface area contributed by atoms with E-state index in [1.807, 2.05) is 23.2 Å². The summed E-state index contributed by atoms with van der Waals surface area (Å²) >= 11 is 0. The third-order valence-corrected chi connectivity index (χ3v) is 3.01. The molecule has 104 valence electrons. The highest BCUT2D eigenvalue weighted by atomic mass is 16.5. The van der Waals surface area contributed by atoms with Crippen molar-refractivity contribution in [2.75, 3.05) is 36.6 Å². The number of nitrogens with one attached hydrogen (secondary N) is 1. The van der Waals surface area contributed by atoms with Gasteiger partial charge in [-0.05, 0) is 12.1 Å². The molecule has 7 heteroatoms. The molecule has 0 spiro atoms. The maximum absolute atomic E-state index is 12.0. The molecule has 1 aliphatic heterocycles. The van der Waals surface area contributed by atoms with E-state index in [0.717, 1.165) is 13.1 Å². The number of carbonyl (C=O) groups is 1. The normalized spacial score (nSPS) is 15.1. The van der Waals surface area contributed by atoms with Crippen LogP contribution in [0.2, 0.25) is 0 Å². The summed E-state index contributed by atoms with van der Waals surface area (Å²) in [4.78, 5) is 13.5. The minimum absolute atomic E-state index is 0.226. The Morgan fingerprint density at radius 1 is 1.25 bits per heavy atom. The van der Waals surface area contributed by atoms with Crippen LogP contribution in [-0.2, 0) is 4.74 Å². The van der Waals surface area contributed by atoms with Gasteiger partial charge >= 0.3 is 5.88 Å². The molecule has 3 rings (SSSR count). The fraction of sp³-hybridized carbons (Fsp3) is 0.308. The summed E-state index contributed by atoms with van der Waals surface area (Å²) in [6.07, 6.45) is 1.64. The predicted octanol–water partition coefficient (Wildman–Crippen LogP) is 0.183. The molecule has 20 heavy (non-hydrogen) atoms. The number of carbonyl (C=O) groups excluding carboxylic acids is 1. The highest BCUT2D eigenvalue weighted by molar-refractivity contribution is 6.03. The number of nitrogens with zero attached hydrogens (tertiary/aromatic N) is 3. The maximum atomic E-state index is 12.0. The average Bonchev–Trinajstić information content (AvgIpc) is 2.97. The Morgan fingerprint density at radius 2 is 2.00 bits per heavy atom. The van der Waals surface area contributed by atoms with Crippen LogP contribution in [0.5, 0.6) is 0 Å². The fourth-order valence-corrected chi connectivity index (χ4v) is 1.96. The Kier molecular flexibility index (Phi) is 3.60. The van der Waals surface area contributed by atoms with Crippen LogP contribution in [-0.4, -0.2) is 37.5 Å². The third-order valence-electron chi connectivity index (χ3n) is 3.01. The number of amides is 1. The second-order valence-electron chi connectivity index (χ2n) is 4.37. The number of morpholine rings is 1. The van der Waals surface area contributed by atoms with Crippen LogP contribution in [0.4, 0.5) is 5.88 Å². The van der Waals surface area contributed by atoms with Gasteiger partial charge < -0.3 is 4.74 Å². The third kappa shape index (κ3) is 2.77. The van der Waals surface area contributed by atoms with Gasteiger partial charge in [0.15, 0.2) is 0 Å². The van der Waals surface area contributed by atoms with Crippen molar-refractivity contribution in [2.24, 2.45) is 0 Å². The molecule has 2 aromatic rings. The Bertz CT molecular complexity index is 578. The molecule has 1 aromatic heterocycles. The van der Waals surface area contributed by atoms with Crippen molar-refractivity contribution in [2.45, 2.75) is 0 Å². The molecule has 0 bridgehead atoms. The van der Waals surface area contributed by atoms with Gasteiger partial charge in [0.05, 0.1) is 31.1 Å². The number of rotatable bonds is 3. The second kappa shape index (κ2) is 5.70. The highest BCUT2D eigenvalue weighted by Gasteiger charge is 2.23. The van der Waals surface area contributed by atoms with E-state index in [1.54, 1.807) is 23.1 Å². The topological polar surface area (TPSA) is 71.5 Å². The second-order valence-corrected chi connectivity index (χ2v) is 4.37. The summed E-state index contributed by atoms with van der Waals surface area (Å²) in [5.41, 5.74) is 0.571. The summed E-state index contributed by atoms with van der Waals surface area (Å²) in [6, 6.07) is 8.95. The van der Waals surface area contributed by atoms with Crippen molar-refractivity contribution in [1.82, 2.24) is 5.27 Å². The van der Waals surface area contributed by atoms with Gasteiger partial charge in [0.1, 0.15) is 0 Å². The van der Waals surface area contributed by atoms with E-state index in [4.69, 9.17) is 9.26 Å². The minimum atomic E-state index is -0.226. The summed E-state index contributed by atoms with van der Waals surface area (Å²) in [5.74, 6) is 0.0845. The molecule has 1 aromatic carbocycles. The molecule has 7 nitrogen and oxygen atoms in total. The van der Waals surface area contributed by atoms with Crippen LogP contribution in [0.3, 0.4) is 0 Å². The lowest BCUT2D eigenvalue weighted by Crippen LogP contribution is -2.62. The molecule has 1 N–H and O–H groups in total. The molecule has 0 aliphatic carbocycles. The van der Waals surface area contributed by atoms with Crippen LogP contribution in [0.15, 0.2) is 41.1 Å². The summed E-state index contributed by atoms with van der Waals surface area (Å²) in [7, 11) is 0. The smallest absolute Gasteiger partial charge is 0.306 e. The molecule has 1 saturated heterocycles. The van der Waals surface area contributed by atoms with E-state index in [1.165, 1.54) is 0 Å². The Hall–Kier alpha value is -2.41. The van der Waals surface area contributed by atoms with E-state index >= 15 is 0 Å². The van der Waals surface area contributed by atoms with E-state index in [2.05, 4.69) is 10.6 Å². The van der Waals surface area contributed by atoms with Crippen molar-refractivity contribution in [1.29, 1.82) is 0 Å². The van der Waals surface area contributed by atoms with Crippen LogP contribution in [0, 0.1) is 0 Å². The first-order chi connectivity index (χ1) is 9.83. The Labute approximate surface area is 115 Å². The molecule has 1 amide bonds. The number of anilines is 1. The molecule has 1 aliphatic rings. The molecule has 0 saturated carbocycles. The monoisotopic (exact) mass is 275 g/mol. The number of ether oxygens (including phenoxy) is 1. The quantitative estimate of drug-likeness (QED) is 0.809. The van der Waals surface area contributed by atoms with Crippen LogP contribution in [0.25, 0.3) is 0 Å². The minimum Gasteiger partial charge on any atom is -0.377 e. The predicted molar refractivity (Wildman–Crippen MR) is 69.9 cm³/mol. The largest absolute Gasteiger partial charge is 0.377 e. The Morgan fingerprint density at radius 3 is 2.75 bits per heavy atom. The first kappa shape index (κ1) is 12.6. The lowest BCUT2D eigenvalue weighted by Gasteiger charge is -2.18. The number of hydrogen-bond donors (Lipinski definition) is 1. The molecular formula is C13H15N4O3+. The molecule has 1 fully saturated rings. The number of benzene rings is 1. The van der Waals surface area contributed by atoms with Gasteiger partial charge in [0, 0.05) is 5.56 Å². The standard InChI is InChI=1S/C13H14N4O3/c18-13(11-4-2-1-3-5-11)14-12-10-17(15-20-12)16-6-8-19-9-7-16/h1-5,10H,6-9H2/p+1. The highest BCUT2D eigenvalue weighted by Crippen LogP contribution is 2.06. The van der Waals surface area contributed by atoms with E-state index in [-0.39, 0.29) is 5.91 Å². The van der Waals surface area contributed by atoms with Crippen LogP contribution in [0.1, 0.15) is 10.4 Å². The van der Waals surface area contributed by atoms with E-state index in [0.29, 0.717) is 24.7 Å². The summed E-state index contributed by atoms with van der Waals surface area (Å²) < 4.78 is 10.4. The van der Waals surface area contributed by atoms with Crippen molar-refractivity contribution >= 4 is 11.8 Å². The van der Waals surface area contributed by atoms with Gasteiger partial charge in [-0.25, -0.2) is 0 Å². The molecule has 0 atom stereocenters. The first-order valence-electron chi connectivity index (χ1n) is 6.41. The number of hydrogen-bond acceptors (Lipinski definition) is 5. The van der Waals surface area contributed by atoms with Gasteiger partial charge in [-0.15, -0.1) is 5.01 Å². The summed E-state index contributed by atoms with van der Waals surface area (Å²) in [5, 5.41) is 8.53. The molecular weight excluding hydrogens is 260 g/mol. The van der Waals surface area contributed by atoms with Crippen molar-refractivity contribution < 1.29 is 18.8 Å².